The topological polar surface area (TPSA) is 52.9 Å². The molecule has 0 N–H and O–H groups in total. The summed E-state index contributed by atoms with van der Waals surface area (Å²) >= 11 is 0. The molecule has 0 saturated carbocycles. The lowest BCUT2D eigenvalue weighted by Crippen LogP contribution is -2.35. The van der Waals surface area contributed by atoms with Gasteiger partial charge >= 0.3 is 0 Å². The van der Waals surface area contributed by atoms with Gasteiger partial charge in [0.2, 0.25) is 0 Å². The second kappa shape index (κ2) is 6.68. The molecule has 2 aliphatic heterocycles. The molecule has 1 fully saturated rings. The van der Waals surface area contributed by atoms with Gasteiger partial charge in [-0.2, -0.15) is 0 Å². The second-order valence-electron chi connectivity index (χ2n) is 6.74. The summed E-state index contributed by atoms with van der Waals surface area (Å²) < 4.78 is 19.0. The van der Waals surface area contributed by atoms with E-state index >= 15 is 0 Å². The van der Waals surface area contributed by atoms with Gasteiger partial charge in [-0.15, -0.1) is 0 Å². The van der Waals surface area contributed by atoms with E-state index in [-0.39, 0.29) is 11.7 Å². The van der Waals surface area contributed by atoms with Gasteiger partial charge in [0, 0.05) is 43.5 Å². The average molecular weight is 356 g/mol. The summed E-state index contributed by atoms with van der Waals surface area (Å²) in [6.07, 6.45) is 2.88. The molecular formula is C20H24N2O4. The highest BCUT2D eigenvalue weighted by Crippen LogP contribution is 2.41. The van der Waals surface area contributed by atoms with Crippen LogP contribution in [0, 0.1) is 0 Å². The van der Waals surface area contributed by atoms with Gasteiger partial charge < -0.3 is 23.7 Å². The molecule has 1 atom stereocenters. The van der Waals surface area contributed by atoms with Gasteiger partial charge in [-0.3, -0.25) is 4.79 Å². The van der Waals surface area contributed by atoms with Crippen LogP contribution in [0.4, 0.5) is 5.82 Å². The summed E-state index contributed by atoms with van der Waals surface area (Å²) in [7, 11) is 5.30. The molecule has 26 heavy (non-hydrogen) atoms. The summed E-state index contributed by atoms with van der Waals surface area (Å²) in [5, 5.41) is 0. The van der Waals surface area contributed by atoms with Crippen LogP contribution in [0.3, 0.4) is 0 Å². The number of hydrogen-bond acceptors (Lipinski definition) is 5. The Morgan fingerprint density at radius 2 is 2.08 bits per heavy atom. The molecule has 6 heteroatoms. The van der Waals surface area contributed by atoms with Crippen LogP contribution in [0.15, 0.2) is 29.1 Å². The molecule has 3 heterocycles. The SMILES string of the molecule is COc1ccc2c(c1OC)CCn1c-2cc(=O)cc1N(C)C1CCCO1. The number of ether oxygens (including phenoxy) is 3. The normalized spacial score (nSPS) is 18.2. The Bertz CT molecular complexity index is 884. The summed E-state index contributed by atoms with van der Waals surface area (Å²) in [4.78, 5) is 14.5. The van der Waals surface area contributed by atoms with Crippen LogP contribution in [0.1, 0.15) is 18.4 Å². The molecule has 6 nitrogen and oxygen atoms in total. The van der Waals surface area contributed by atoms with E-state index in [1.807, 2.05) is 19.2 Å². The Labute approximate surface area is 152 Å². The Balaban J connectivity index is 1.86. The Morgan fingerprint density at radius 1 is 1.23 bits per heavy atom. The van der Waals surface area contributed by atoms with Crippen molar-refractivity contribution in [3.8, 4) is 22.8 Å². The first-order chi connectivity index (χ1) is 12.6. The maximum Gasteiger partial charge on any atom is 0.184 e. The van der Waals surface area contributed by atoms with Gasteiger partial charge in [-0.1, -0.05) is 0 Å². The van der Waals surface area contributed by atoms with E-state index in [0.717, 1.165) is 66.6 Å². The predicted octanol–water partition coefficient (Wildman–Crippen LogP) is 2.66. The van der Waals surface area contributed by atoms with Gasteiger partial charge in [-0.05, 0) is 31.4 Å². The van der Waals surface area contributed by atoms with Crippen molar-refractivity contribution in [2.75, 3.05) is 32.8 Å². The second-order valence-corrected chi connectivity index (χ2v) is 6.74. The molecule has 0 amide bonds. The minimum atomic E-state index is -0.00117. The van der Waals surface area contributed by atoms with E-state index in [1.165, 1.54) is 0 Å². The third kappa shape index (κ3) is 2.65. The fourth-order valence-electron chi connectivity index (χ4n) is 4.05. The average Bonchev–Trinajstić information content (AvgIpc) is 3.20. The maximum absolute atomic E-state index is 12.4. The lowest BCUT2D eigenvalue weighted by Gasteiger charge is -2.33. The number of aromatic nitrogens is 1. The van der Waals surface area contributed by atoms with Crippen molar-refractivity contribution < 1.29 is 14.2 Å². The minimum absolute atomic E-state index is 0.00117. The number of methoxy groups -OCH3 is 2. The number of nitrogens with zero attached hydrogens (tertiary/aromatic N) is 2. The van der Waals surface area contributed by atoms with Gasteiger partial charge in [-0.25, -0.2) is 0 Å². The minimum Gasteiger partial charge on any atom is -0.493 e. The zero-order valence-electron chi connectivity index (χ0n) is 15.4. The van der Waals surface area contributed by atoms with Crippen LogP contribution >= 0.6 is 0 Å². The van der Waals surface area contributed by atoms with Crippen molar-refractivity contribution in [3.05, 3.63) is 40.1 Å². The van der Waals surface area contributed by atoms with Crippen LogP contribution < -0.4 is 19.8 Å². The third-order valence-electron chi connectivity index (χ3n) is 5.33. The lowest BCUT2D eigenvalue weighted by molar-refractivity contribution is 0.110. The van der Waals surface area contributed by atoms with Crippen molar-refractivity contribution in [2.45, 2.75) is 32.0 Å². The number of hydrogen-bond donors (Lipinski definition) is 0. The van der Waals surface area contributed by atoms with Crippen LogP contribution in [0.2, 0.25) is 0 Å². The van der Waals surface area contributed by atoms with Crippen molar-refractivity contribution in [1.82, 2.24) is 4.57 Å². The lowest BCUT2D eigenvalue weighted by atomic mass is 9.95. The van der Waals surface area contributed by atoms with E-state index in [4.69, 9.17) is 14.2 Å². The molecule has 138 valence electrons. The number of pyridine rings is 1. The van der Waals surface area contributed by atoms with E-state index in [9.17, 15) is 4.79 Å². The summed E-state index contributed by atoms with van der Waals surface area (Å²) in [6.45, 7) is 1.55. The van der Waals surface area contributed by atoms with Crippen molar-refractivity contribution in [3.63, 3.8) is 0 Å². The highest BCUT2D eigenvalue weighted by atomic mass is 16.5. The molecule has 1 aromatic carbocycles. The van der Waals surface area contributed by atoms with Crippen LogP contribution in [-0.2, 0) is 17.7 Å². The monoisotopic (exact) mass is 356 g/mol. The zero-order chi connectivity index (χ0) is 18.3. The highest BCUT2D eigenvalue weighted by Gasteiger charge is 2.27. The van der Waals surface area contributed by atoms with Crippen molar-refractivity contribution in [1.29, 1.82) is 0 Å². The van der Waals surface area contributed by atoms with Crippen LogP contribution in [0.25, 0.3) is 11.3 Å². The largest absolute Gasteiger partial charge is 0.493 e. The molecule has 1 saturated heterocycles. The predicted molar refractivity (Wildman–Crippen MR) is 100 cm³/mol. The van der Waals surface area contributed by atoms with Crippen molar-refractivity contribution >= 4 is 5.82 Å². The smallest absolute Gasteiger partial charge is 0.184 e. The molecule has 2 aromatic rings. The number of rotatable bonds is 4. The molecule has 1 unspecified atom stereocenters. The molecular weight excluding hydrogens is 332 g/mol. The molecule has 0 radical (unpaired) electrons. The first kappa shape index (κ1) is 17.0. The van der Waals surface area contributed by atoms with Crippen molar-refractivity contribution in [2.24, 2.45) is 0 Å². The summed E-state index contributed by atoms with van der Waals surface area (Å²) in [6, 6.07) is 7.32. The molecule has 1 aromatic heterocycles. The zero-order valence-corrected chi connectivity index (χ0v) is 15.4. The Kier molecular flexibility index (Phi) is 4.36. The Morgan fingerprint density at radius 3 is 2.77 bits per heavy atom. The molecule has 4 rings (SSSR count). The third-order valence-corrected chi connectivity index (χ3v) is 5.33. The summed E-state index contributed by atoms with van der Waals surface area (Å²) in [5.74, 6) is 2.37. The fourth-order valence-corrected chi connectivity index (χ4v) is 4.05. The molecule has 0 aliphatic carbocycles. The first-order valence-corrected chi connectivity index (χ1v) is 8.97. The van der Waals surface area contributed by atoms with E-state index in [2.05, 4.69) is 9.47 Å². The molecule has 2 aliphatic rings. The number of fused-ring (bicyclic) bond motifs is 3. The quantitative estimate of drug-likeness (QED) is 0.843. The van der Waals surface area contributed by atoms with E-state index < -0.39 is 0 Å². The fraction of sp³-hybridized carbons (Fsp3) is 0.450. The number of benzene rings is 1. The first-order valence-electron chi connectivity index (χ1n) is 8.97. The summed E-state index contributed by atoms with van der Waals surface area (Å²) in [5.41, 5.74) is 3.02. The van der Waals surface area contributed by atoms with Gasteiger partial charge in [0.05, 0.1) is 19.9 Å². The van der Waals surface area contributed by atoms with Gasteiger partial charge in [0.15, 0.2) is 16.9 Å². The van der Waals surface area contributed by atoms with E-state index in [1.54, 1.807) is 26.4 Å². The Hall–Kier alpha value is -2.47. The van der Waals surface area contributed by atoms with E-state index in [0.29, 0.717) is 0 Å². The highest BCUT2D eigenvalue weighted by molar-refractivity contribution is 5.73. The van der Waals surface area contributed by atoms with Gasteiger partial charge in [0.25, 0.3) is 0 Å². The molecule has 0 spiro atoms. The maximum atomic E-state index is 12.4. The standard InChI is InChI=1S/C20H24N2O4/c1-21(19-5-4-10-26-19)18-12-13(23)11-16-14-6-7-17(24-2)20(25-3)15(14)8-9-22(16)18/h6-7,11-12,19H,4-5,8-10H2,1-3H3. The van der Waals surface area contributed by atoms with Crippen LogP contribution in [-0.4, -0.2) is 38.7 Å². The van der Waals surface area contributed by atoms with Crippen LogP contribution in [0.5, 0.6) is 11.5 Å². The molecule has 0 bridgehead atoms. The van der Waals surface area contributed by atoms with Gasteiger partial charge in [0.1, 0.15) is 12.0 Å². The number of anilines is 1.